The number of hydrogen-bond donors (Lipinski definition) is 0. The molecule has 24 heavy (non-hydrogen) atoms. The molecule has 3 nitrogen and oxygen atoms in total. The summed E-state index contributed by atoms with van der Waals surface area (Å²) in [6, 6.07) is 20.7. The second-order valence-electron chi connectivity index (χ2n) is 6.78. The van der Waals surface area contributed by atoms with E-state index in [-0.39, 0.29) is 5.91 Å². The van der Waals surface area contributed by atoms with Gasteiger partial charge in [-0.3, -0.25) is 4.79 Å². The number of carbonyl (C=O) groups is 1. The number of hydrogen-bond acceptors (Lipinski definition) is 2. The van der Waals surface area contributed by atoms with Crippen LogP contribution in [0.5, 0.6) is 0 Å². The lowest BCUT2D eigenvalue weighted by Gasteiger charge is -2.32. The van der Waals surface area contributed by atoms with E-state index >= 15 is 0 Å². The molecule has 3 rings (SSSR count). The molecule has 0 aromatic heterocycles. The minimum atomic E-state index is 0.199. The fraction of sp³-hybridized carbons (Fsp3) is 0.381. The molecule has 1 aliphatic carbocycles. The third-order valence-electron chi connectivity index (χ3n) is 4.88. The molecule has 1 fully saturated rings. The fourth-order valence-corrected chi connectivity index (χ4v) is 3.14. The van der Waals surface area contributed by atoms with Crippen molar-refractivity contribution in [3.05, 3.63) is 66.2 Å². The average Bonchev–Trinajstić information content (AvgIpc) is 3.46. The summed E-state index contributed by atoms with van der Waals surface area (Å²) in [5, 5.41) is 0. The summed E-state index contributed by atoms with van der Waals surface area (Å²) in [5.41, 5.74) is 2.27. The summed E-state index contributed by atoms with van der Waals surface area (Å²) in [4.78, 5) is 17.1. The third-order valence-corrected chi connectivity index (χ3v) is 4.88. The van der Waals surface area contributed by atoms with Gasteiger partial charge in [0.05, 0.1) is 6.54 Å². The number of carbonyl (C=O) groups excluding carboxylic acids is 1. The van der Waals surface area contributed by atoms with Gasteiger partial charge in [-0.15, -0.1) is 0 Å². The van der Waals surface area contributed by atoms with E-state index in [0.29, 0.717) is 25.0 Å². The highest BCUT2D eigenvalue weighted by Gasteiger charge is 2.34. The van der Waals surface area contributed by atoms with Gasteiger partial charge in [-0.2, -0.15) is 0 Å². The van der Waals surface area contributed by atoms with E-state index in [1.165, 1.54) is 18.4 Å². The van der Waals surface area contributed by atoms with Gasteiger partial charge in [0.1, 0.15) is 0 Å². The minimum absolute atomic E-state index is 0.199. The molecule has 0 radical (unpaired) electrons. The van der Waals surface area contributed by atoms with Gasteiger partial charge in [-0.25, -0.2) is 0 Å². The van der Waals surface area contributed by atoms with Crippen LogP contribution in [-0.2, 0) is 11.3 Å². The van der Waals surface area contributed by atoms with Crippen molar-refractivity contribution >= 4 is 11.6 Å². The Bertz CT molecular complexity index is 652. The normalized spacial score (nSPS) is 14.9. The predicted molar refractivity (Wildman–Crippen MR) is 98.9 cm³/mol. The molecule has 0 spiro atoms. The van der Waals surface area contributed by atoms with E-state index in [1.807, 2.05) is 60.5 Å². The summed E-state index contributed by atoms with van der Waals surface area (Å²) < 4.78 is 0. The Morgan fingerprint density at radius 1 is 1.04 bits per heavy atom. The Kier molecular flexibility index (Phi) is 5.19. The number of rotatable bonds is 7. The van der Waals surface area contributed by atoms with E-state index in [4.69, 9.17) is 0 Å². The number of amides is 1. The molecule has 0 aliphatic heterocycles. The molecule has 0 saturated heterocycles. The van der Waals surface area contributed by atoms with Crippen molar-refractivity contribution in [2.24, 2.45) is 5.92 Å². The Balaban J connectivity index is 1.71. The first-order valence-corrected chi connectivity index (χ1v) is 8.74. The fourth-order valence-electron chi connectivity index (χ4n) is 3.14. The van der Waals surface area contributed by atoms with Gasteiger partial charge in [0, 0.05) is 25.3 Å². The summed E-state index contributed by atoms with van der Waals surface area (Å²) in [6.45, 7) is 3.30. The van der Waals surface area contributed by atoms with Crippen LogP contribution in [0.3, 0.4) is 0 Å². The van der Waals surface area contributed by atoms with Crippen molar-refractivity contribution in [2.75, 3.05) is 18.5 Å². The van der Waals surface area contributed by atoms with E-state index in [1.54, 1.807) is 0 Å². The largest absolute Gasteiger partial charge is 0.365 e. The van der Waals surface area contributed by atoms with E-state index < -0.39 is 0 Å². The van der Waals surface area contributed by atoms with Crippen molar-refractivity contribution in [1.29, 1.82) is 0 Å². The molecule has 0 bridgehead atoms. The van der Waals surface area contributed by atoms with E-state index in [9.17, 15) is 4.79 Å². The van der Waals surface area contributed by atoms with Crippen LogP contribution in [0.4, 0.5) is 5.69 Å². The van der Waals surface area contributed by atoms with Crippen molar-refractivity contribution in [3.8, 4) is 0 Å². The Morgan fingerprint density at radius 2 is 1.62 bits per heavy atom. The molecule has 1 saturated carbocycles. The molecule has 126 valence electrons. The maximum Gasteiger partial charge on any atom is 0.242 e. The second-order valence-corrected chi connectivity index (χ2v) is 6.78. The molecule has 2 aromatic rings. The molecule has 1 atom stereocenters. The molecule has 3 heteroatoms. The number of para-hydroxylation sites is 1. The smallest absolute Gasteiger partial charge is 0.242 e. The maximum atomic E-state index is 13.0. The molecular formula is C21H26N2O. The number of nitrogens with zero attached hydrogens (tertiary/aromatic N) is 2. The predicted octanol–water partition coefficient (Wildman–Crippen LogP) is 3.95. The first-order chi connectivity index (χ1) is 11.6. The zero-order valence-corrected chi connectivity index (χ0v) is 14.6. The van der Waals surface area contributed by atoms with Crippen LogP contribution in [0.2, 0.25) is 0 Å². The standard InChI is InChI=1S/C21H26N2O/c1-17(19-13-14-19)23(15-18-9-5-3-6-10-18)21(24)16-22(2)20-11-7-4-8-12-20/h3-12,17,19H,13-16H2,1-2H3. The van der Waals surface area contributed by atoms with Crippen molar-refractivity contribution < 1.29 is 4.79 Å². The topological polar surface area (TPSA) is 23.6 Å². The lowest BCUT2D eigenvalue weighted by atomic mass is 10.1. The Labute approximate surface area is 144 Å². The van der Waals surface area contributed by atoms with Gasteiger partial charge < -0.3 is 9.80 Å². The Hall–Kier alpha value is -2.29. The highest BCUT2D eigenvalue weighted by molar-refractivity contribution is 5.81. The van der Waals surface area contributed by atoms with Crippen LogP contribution < -0.4 is 4.90 Å². The zero-order chi connectivity index (χ0) is 16.9. The van der Waals surface area contributed by atoms with Gasteiger partial charge in [0.2, 0.25) is 5.91 Å². The van der Waals surface area contributed by atoms with Crippen molar-refractivity contribution in [3.63, 3.8) is 0 Å². The first-order valence-electron chi connectivity index (χ1n) is 8.74. The molecule has 1 amide bonds. The molecule has 2 aromatic carbocycles. The summed E-state index contributed by atoms with van der Waals surface area (Å²) in [6.07, 6.45) is 2.49. The van der Waals surface area contributed by atoms with Gasteiger partial charge in [-0.1, -0.05) is 48.5 Å². The van der Waals surface area contributed by atoms with E-state index in [0.717, 1.165) is 5.69 Å². The van der Waals surface area contributed by atoms with Crippen molar-refractivity contribution in [2.45, 2.75) is 32.4 Å². The molecule has 1 aliphatic rings. The van der Waals surface area contributed by atoms with Crippen LogP contribution in [0.25, 0.3) is 0 Å². The van der Waals surface area contributed by atoms with Gasteiger partial charge >= 0.3 is 0 Å². The summed E-state index contributed by atoms with van der Waals surface area (Å²) in [7, 11) is 1.98. The average molecular weight is 322 g/mol. The molecule has 1 unspecified atom stereocenters. The number of anilines is 1. The first kappa shape index (κ1) is 16.6. The minimum Gasteiger partial charge on any atom is -0.365 e. The van der Waals surface area contributed by atoms with Crippen LogP contribution in [-0.4, -0.2) is 30.4 Å². The van der Waals surface area contributed by atoms with Crippen LogP contribution in [0, 0.1) is 5.92 Å². The summed E-state index contributed by atoms with van der Waals surface area (Å²) >= 11 is 0. The molecule has 0 N–H and O–H groups in total. The molecular weight excluding hydrogens is 296 g/mol. The van der Waals surface area contributed by atoms with E-state index in [2.05, 4.69) is 24.0 Å². The van der Waals surface area contributed by atoms with Gasteiger partial charge in [0.15, 0.2) is 0 Å². The zero-order valence-electron chi connectivity index (χ0n) is 14.6. The summed E-state index contributed by atoms with van der Waals surface area (Å²) in [5.74, 6) is 0.865. The highest BCUT2D eigenvalue weighted by Crippen LogP contribution is 2.35. The second kappa shape index (κ2) is 7.52. The monoisotopic (exact) mass is 322 g/mol. The number of likely N-dealkylation sites (N-methyl/N-ethyl adjacent to an activating group) is 1. The van der Waals surface area contributed by atoms with Gasteiger partial charge in [-0.05, 0) is 43.4 Å². The SMILES string of the molecule is CC(C1CC1)N(Cc1ccccc1)C(=O)CN(C)c1ccccc1. The number of benzene rings is 2. The van der Waals surface area contributed by atoms with Gasteiger partial charge in [0.25, 0.3) is 0 Å². The molecule has 0 heterocycles. The quantitative estimate of drug-likeness (QED) is 0.770. The highest BCUT2D eigenvalue weighted by atomic mass is 16.2. The lowest BCUT2D eigenvalue weighted by molar-refractivity contribution is -0.132. The van der Waals surface area contributed by atoms with Crippen LogP contribution >= 0.6 is 0 Å². The van der Waals surface area contributed by atoms with Crippen LogP contribution in [0.15, 0.2) is 60.7 Å². The van der Waals surface area contributed by atoms with Crippen molar-refractivity contribution in [1.82, 2.24) is 4.90 Å². The lowest BCUT2D eigenvalue weighted by Crippen LogP contribution is -2.44. The van der Waals surface area contributed by atoms with Crippen LogP contribution in [0.1, 0.15) is 25.3 Å². The maximum absolute atomic E-state index is 13.0. The third kappa shape index (κ3) is 4.16. The Morgan fingerprint density at radius 3 is 2.21 bits per heavy atom.